The van der Waals surface area contributed by atoms with Gasteiger partial charge < -0.3 is 14.4 Å². The molecule has 136 valence electrons. The van der Waals surface area contributed by atoms with Gasteiger partial charge in [-0.2, -0.15) is 13.2 Å². The van der Waals surface area contributed by atoms with Crippen molar-refractivity contribution in [2.45, 2.75) is 18.5 Å². The fraction of sp³-hybridized carbons (Fsp3) is 0.316. The highest BCUT2D eigenvalue weighted by atomic mass is 19.4. The van der Waals surface area contributed by atoms with E-state index in [0.29, 0.717) is 31.0 Å². The molecule has 2 heterocycles. The van der Waals surface area contributed by atoms with Crippen LogP contribution < -0.4 is 9.47 Å². The zero-order valence-electron chi connectivity index (χ0n) is 13.8. The number of likely N-dealkylation sites (tertiary alicyclic amines) is 1. The van der Waals surface area contributed by atoms with E-state index in [-0.39, 0.29) is 18.3 Å². The molecule has 7 heteroatoms. The Hall–Kier alpha value is -2.70. The summed E-state index contributed by atoms with van der Waals surface area (Å²) in [6.07, 6.45) is -3.86. The Morgan fingerprint density at radius 2 is 1.85 bits per heavy atom. The highest BCUT2D eigenvalue weighted by Gasteiger charge is 2.37. The summed E-state index contributed by atoms with van der Waals surface area (Å²) >= 11 is 0. The Kier molecular flexibility index (Phi) is 4.01. The second-order valence-electron chi connectivity index (χ2n) is 6.39. The largest absolute Gasteiger partial charge is 0.454 e. The number of hydrogen-bond acceptors (Lipinski definition) is 3. The number of benzene rings is 2. The first kappa shape index (κ1) is 16.8. The molecule has 1 atom stereocenters. The zero-order valence-corrected chi connectivity index (χ0v) is 13.8. The summed E-state index contributed by atoms with van der Waals surface area (Å²) in [5, 5.41) is 0. The summed E-state index contributed by atoms with van der Waals surface area (Å²) in [7, 11) is 0. The Labute approximate surface area is 148 Å². The SMILES string of the molecule is O=C(c1ccccc1C(F)(F)F)N1CC[C@H](c2ccc3c(c2)OCO3)C1. The third-order valence-electron chi connectivity index (χ3n) is 4.81. The highest BCUT2D eigenvalue weighted by molar-refractivity contribution is 5.96. The van der Waals surface area contributed by atoms with E-state index in [1.54, 1.807) is 0 Å². The summed E-state index contributed by atoms with van der Waals surface area (Å²) in [6, 6.07) is 10.5. The number of ether oxygens (including phenoxy) is 2. The lowest BCUT2D eigenvalue weighted by atomic mass is 9.98. The van der Waals surface area contributed by atoms with Gasteiger partial charge in [0.1, 0.15) is 0 Å². The quantitative estimate of drug-likeness (QED) is 0.808. The number of alkyl halides is 3. The van der Waals surface area contributed by atoms with Gasteiger partial charge >= 0.3 is 6.18 Å². The number of halogens is 3. The van der Waals surface area contributed by atoms with Crippen molar-refractivity contribution in [1.82, 2.24) is 4.90 Å². The molecule has 1 amide bonds. The van der Waals surface area contributed by atoms with Crippen LogP contribution in [-0.4, -0.2) is 30.7 Å². The van der Waals surface area contributed by atoms with Gasteiger partial charge in [-0.3, -0.25) is 4.79 Å². The molecule has 2 aliphatic heterocycles. The minimum atomic E-state index is -4.55. The molecule has 0 unspecified atom stereocenters. The van der Waals surface area contributed by atoms with Crippen LogP contribution in [0.4, 0.5) is 13.2 Å². The van der Waals surface area contributed by atoms with Gasteiger partial charge in [-0.15, -0.1) is 0 Å². The normalized spacial score (nSPS) is 19.0. The third kappa shape index (κ3) is 2.98. The predicted molar refractivity (Wildman–Crippen MR) is 87.3 cm³/mol. The minimum absolute atomic E-state index is 0.0616. The monoisotopic (exact) mass is 363 g/mol. The highest BCUT2D eigenvalue weighted by Crippen LogP contribution is 2.38. The molecule has 0 saturated carbocycles. The topological polar surface area (TPSA) is 38.8 Å². The second-order valence-corrected chi connectivity index (χ2v) is 6.39. The average Bonchev–Trinajstić information content (AvgIpc) is 3.29. The molecule has 0 N–H and O–H groups in total. The standard InChI is InChI=1S/C19H16F3NO3/c20-19(21,22)15-4-2-1-3-14(15)18(24)23-8-7-13(10-23)12-5-6-16-17(9-12)26-11-25-16/h1-6,9,13H,7-8,10-11H2/t13-/m0/s1. The fourth-order valence-corrected chi connectivity index (χ4v) is 3.47. The first-order valence-electron chi connectivity index (χ1n) is 8.28. The molecule has 2 aromatic rings. The summed E-state index contributed by atoms with van der Waals surface area (Å²) in [4.78, 5) is 14.1. The van der Waals surface area contributed by atoms with E-state index < -0.39 is 17.6 Å². The van der Waals surface area contributed by atoms with Crippen molar-refractivity contribution in [2.24, 2.45) is 0 Å². The van der Waals surface area contributed by atoms with E-state index in [2.05, 4.69) is 0 Å². The van der Waals surface area contributed by atoms with Crippen LogP contribution in [0.1, 0.15) is 33.8 Å². The lowest BCUT2D eigenvalue weighted by Crippen LogP contribution is -2.30. The van der Waals surface area contributed by atoms with Gasteiger partial charge in [0.2, 0.25) is 6.79 Å². The van der Waals surface area contributed by atoms with E-state index in [1.807, 2.05) is 18.2 Å². The van der Waals surface area contributed by atoms with Crippen molar-refractivity contribution in [3.05, 3.63) is 59.2 Å². The minimum Gasteiger partial charge on any atom is -0.454 e. The second kappa shape index (κ2) is 6.23. The maximum absolute atomic E-state index is 13.2. The number of hydrogen-bond donors (Lipinski definition) is 0. The van der Waals surface area contributed by atoms with E-state index in [9.17, 15) is 18.0 Å². The Bertz CT molecular complexity index is 850. The number of amides is 1. The smallest absolute Gasteiger partial charge is 0.417 e. The maximum atomic E-state index is 13.2. The molecule has 4 nitrogen and oxygen atoms in total. The van der Waals surface area contributed by atoms with Gasteiger partial charge in [-0.25, -0.2) is 0 Å². The molecular weight excluding hydrogens is 347 g/mol. The van der Waals surface area contributed by atoms with Crippen LogP contribution in [0.5, 0.6) is 11.5 Å². The van der Waals surface area contributed by atoms with E-state index in [1.165, 1.54) is 23.1 Å². The lowest BCUT2D eigenvalue weighted by Gasteiger charge is -2.19. The molecule has 2 aromatic carbocycles. The van der Waals surface area contributed by atoms with E-state index in [0.717, 1.165) is 11.6 Å². The van der Waals surface area contributed by atoms with Gasteiger partial charge in [0.25, 0.3) is 5.91 Å². The molecule has 0 aliphatic carbocycles. The molecule has 0 aromatic heterocycles. The zero-order chi connectivity index (χ0) is 18.3. The van der Waals surface area contributed by atoms with E-state index in [4.69, 9.17) is 9.47 Å². The molecule has 0 radical (unpaired) electrons. The summed E-state index contributed by atoms with van der Waals surface area (Å²) < 4.78 is 50.2. The molecule has 0 bridgehead atoms. The molecule has 2 aliphatic rings. The third-order valence-corrected chi connectivity index (χ3v) is 4.81. The van der Waals surface area contributed by atoms with Crippen molar-refractivity contribution in [1.29, 1.82) is 0 Å². The van der Waals surface area contributed by atoms with Crippen LogP contribution in [0.2, 0.25) is 0 Å². The van der Waals surface area contributed by atoms with Gasteiger partial charge in [0, 0.05) is 19.0 Å². The first-order chi connectivity index (χ1) is 12.4. The van der Waals surface area contributed by atoms with Crippen LogP contribution >= 0.6 is 0 Å². The number of carbonyl (C=O) groups excluding carboxylic acids is 1. The van der Waals surface area contributed by atoms with Crippen molar-refractivity contribution < 1.29 is 27.4 Å². The van der Waals surface area contributed by atoms with Crippen LogP contribution in [0.25, 0.3) is 0 Å². The number of nitrogens with zero attached hydrogens (tertiary/aromatic N) is 1. The van der Waals surface area contributed by atoms with Crippen LogP contribution in [0.15, 0.2) is 42.5 Å². The summed E-state index contributed by atoms with van der Waals surface area (Å²) in [5.74, 6) is 0.821. The van der Waals surface area contributed by atoms with Gasteiger partial charge in [0.15, 0.2) is 11.5 Å². The Morgan fingerprint density at radius 1 is 1.08 bits per heavy atom. The van der Waals surface area contributed by atoms with Crippen LogP contribution in [0.3, 0.4) is 0 Å². The molecule has 1 saturated heterocycles. The Morgan fingerprint density at radius 3 is 2.65 bits per heavy atom. The number of rotatable bonds is 2. The van der Waals surface area contributed by atoms with Gasteiger partial charge in [-0.05, 0) is 36.2 Å². The van der Waals surface area contributed by atoms with Crippen LogP contribution in [0, 0.1) is 0 Å². The van der Waals surface area contributed by atoms with Crippen molar-refractivity contribution in [3.8, 4) is 11.5 Å². The first-order valence-corrected chi connectivity index (χ1v) is 8.28. The lowest BCUT2D eigenvalue weighted by molar-refractivity contribution is -0.138. The molecule has 0 spiro atoms. The Balaban J connectivity index is 1.53. The van der Waals surface area contributed by atoms with Crippen molar-refractivity contribution >= 4 is 5.91 Å². The molecular formula is C19H16F3NO3. The number of carbonyl (C=O) groups is 1. The number of fused-ring (bicyclic) bond motifs is 1. The van der Waals surface area contributed by atoms with Crippen molar-refractivity contribution in [3.63, 3.8) is 0 Å². The average molecular weight is 363 g/mol. The summed E-state index contributed by atoms with van der Waals surface area (Å²) in [6.45, 7) is 0.983. The van der Waals surface area contributed by atoms with Gasteiger partial charge in [0.05, 0.1) is 11.1 Å². The molecule has 4 rings (SSSR count). The summed E-state index contributed by atoms with van der Waals surface area (Å²) in [5.41, 5.74) is -0.198. The van der Waals surface area contributed by atoms with Crippen molar-refractivity contribution in [2.75, 3.05) is 19.9 Å². The predicted octanol–water partition coefficient (Wildman–Crippen LogP) is 4.06. The van der Waals surface area contributed by atoms with Gasteiger partial charge in [-0.1, -0.05) is 18.2 Å². The molecule has 1 fully saturated rings. The van der Waals surface area contributed by atoms with Crippen LogP contribution in [-0.2, 0) is 6.18 Å². The molecule has 26 heavy (non-hydrogen) atoms. The maximum Gasteiger partial charge on any atom is 0.417 e. The fourth-order valence-electron chi connectivity index (χ4n) is 3.47. The van der Waals surface area contributed by atoms with E-state index >= 15 is 0 Å².